The molecule has 15 heavy (non-hydrogen) atoms. The molecule has 0 atom stereocenters. The van der Waals surface area contributed by atoms with Crippen molar-refractivity contribution in [1.82, 2.24) is 9.78 Å². The molecule has 0 unspecified atom stereocenters. The maximum Gasteiger partial charge on any atom is 0.207 e. The van der Waals surface area contributed by atoms with Gasteiger partial charge in [0.2, 0.25) is 5.43 Å². The molecule has 0 radical (unpaired) electrons. The molecule has 3 nitrogen and oxygen atoms in total. The topological polar surface area (TPSA) is 34.9 Å². The van der Waals surface area contributed by atoms with Crippen LogP contribution in [0, 0.1) is 0 Å². The Hall–Kier alpha value is -1.29. The van der Waals surface area contributed by atoms with E-state index in [0.717, 1.165) is 29.6 Å². The van der Waals surface area contributed by atoms with Gasteiger partial charge in [-0.2, -0.15) is 17.7 Å². The zero-order valence-corrected chi connectivity index (χ0v) is 9.15. The molecular weight excluding hydrogens is 208 g/mol. The summed E-state index contributed by atoms with van der Waals surface area (Å²) in [6, 6.07) is 7.53. The fourth-order valence-corrected chi connectivity index (χ4v) is 1.70. The average molecular weight is 220 g/mol. The van der Waals surface area contributed by atoms with Crippen LogP contribution in [0.15, 0.2) is 35.3 Å². The smallest absolute Gasteiger partial charge is 0.207 e. The molecule has 1 aromatic carbocycles. The Morgan fingerprint density at radius 1 is 1.33 bits per heavy atom. The number of hydrogen-bond donors (Lipinski definition) is 1. The van der Waals surface area contributed by atoms with Crippen LogP contribution in [-0.2, 0) is 6.54 Å². The second-order valence-electron chi connectivity index (χ2n) is 3.33. The van der Waals surface area contributed by atoms with Crippen LogP contribution in [0.4, 0.5) is 0 Å². The molecule has 1 heterocycles. The van der Waals surface area contributed by atoms with Crippen molar-refractivity contribution in [2.24, 2.45) is 0 Å². The lowest BCUT2D eigenvalue weighted by Crippen LogP contribution is -2.12. The molecule has 0 spiro atoms. The van der Waals surface area contributed by atoms with E-state index in [1.54, 1.807) is 0 Å². The third-order valence-electron chi connectivity index (χ3n) is 2.29. The van der Waals surface area contributed by atoms with Gasteiger partial charge in [-0.1, -0.05) is 12.1 Å². The Bertz CT molecular complexity index is 521. The monoisotopic (exact) mass is 220 g/mol. The summed E-state index contributed by atoms with van der Waals surface area (Å²) in [7, 11) is 0. The fourth-order valence-electron chi connectivity index (χ4n) is 1.56. The number of aromatic nitrogens is 2. The van der Waals surface area contributed by atoms with E-state index in [1.807, 2.05) is 28.9 Å². The van der Waals surface area contributed by atoms with Crippen LogP contribution >= 0.6 is 12.6 Å². The van der Waals surface area contributed by atoms with Gasteiger partial charge in [-0.05, 0) is 24.3 Å². The van der Waals surface area contributed by atoms with Crippen LogP contribution in [-0.4, -0.2) is 15.5 Å². The van der Waals surface area contributed by atoms with E-state index in [4.69, 9.17) is 0 Å². The van der Waals surface area contributed by atoms with Gasteiger partial charge in [-0.25, -0.2) is 0 Å². The summed E-state index contributed by atoms with van der Waals surface area (Å²) in [5, 5.41) is 4.84. The first-order valence-electron chi connectivity index (χ1n) is 4.88. The lowest BCUT2D eigenvalue weighted by atomic mass is 10.2. The van der Waals surface area contributed by atoms with Crippen molar-refractivity contribution in [3.05, 3.63) is 40.7 Å². The van der Waals surface area contributed by atoms with Crippen LogP contribution in [0.3, 0.4) is 0 Å². The number of benzene rings is 1. The van der Waals surface area contributed by atoms with Gasteiger partial charge in [-0.3, -0.25) is 9.48 Å². The highest BCUT2D eigenvalue weighted by Crippen LogP contribution is 2.08. The van der Waals surface area contributed by atoms with Crippen molar-refractivity contribution in [3.8, 4) is 0 Å². The molecule has 0 saturated heterocycles. The maximum absolute atomic E-state index is 11.5. The number of thiol groups is 1. The summed E-state index contributed by atoms with van der Waals surface area (Å²) in [5.74, 6) is 0.822. The minimum atomic E-state index is -0.0206. The molecule has 78 valence electrons. The Kier molecular flexibility index (Phi) is 3.06. The maximum atomic E-state index is 11.5. The average Bonchev–Trinajstić information content (AvgIpc) is 2.29. The van der Waals surface area contributed by atoms with E-state index >= 15 is 0 Å². The molecule has 0 aliphatic heterocycles. The zero-order valence-electron chi connectivity index (χ0n) is 8.26. The predicted molar refractivity (Wildman–Crippen MR) is 64.5 cm³/mol. The van der Waals surface area contributed by atoms with Gasteiger partial charge in [0.25, 0.3) is 0 Å². The van der Waals surface area contributed by atoms with E-state index in [-0.39, 0.29) is 5.43 Å². The standard InChI is InChI=1S/C11H12N2OS/c14-11-8-12-13(6-3-7-15)10-5-2-1-4-9(10)11/h1-2,4-5,8,15H,3,6-7H2. The molecule has 2 aromatic rings. The Labute approximate surface area is 93.1 Å². The number of fused-ring (bicyclic) bond motifs is 1. The first kappa shape index (κ1) is 10.2. The van der Waals surface area contributed by atoms with E-state index in [2.05, 4.69) is 17.7 Å². The lowest BCUT2D eigenvalue weighted by molar-refractivity contribution is 0.615. The van der Waals surface area contributed by atoms with Crippen molar-refractivity contribution >= 4 is 23.5 Å². The second kappa shape index (κ2) is 4.49. The first-order valence-corrected chi connectivity index (χ1v) is 5.52. The molecule has 0 N–H and O–H groups in total. The number of para-hydroxylation sites is 1. The van der Waals surface area contributed by atoms with Crippen molar-refractivity contribution in [2.45, 2.75) is 13.0 Å². The molecule has 0 saturated carbocycles. The first-order chi connectivity index (χ1) is 7.33. The van der Waals surface area contributed by atoms with Gasteiger partial charge in [0.1, 0.15) is 0 Å². The highest BCUT2D eigenvalue weighted by Gasteiger charge is 2.01. The van der Waals surface area contributed by atoms with Crippen molar-refractivity contribution < 1.29 is 0 Å². The second-order valence-corrected chi connectivity index (χ2v) is 3.77. The summed E-state index contributed by atoms with van der Waals surface area (Å²) < 4.78 is 1.85. The summed E-state index contributed by atoms with van der Waals surface area (Å²) in [6.07, 6.45) is 2.32. The predicted octanol–water partition coefficient (Wildman–Crippen LogP) is 1.72. The molecule has 0 bridgehead atoms. The largest absolute Gasteiger partial charge is 0.287 e. The summed E-state index contributed by atoms with van der Waals surface area (Å²) in [6.45, 7) is 0.796. The molecular formula is C11H12N2OS. The fraction of sp³-hybridized carbons (Fsp3) is 0.273. The summed E-state index contributed by atoms with van der Waals surface area (Å²) >= 11 is 4.16. The van der Waals surface area contributed by atoms with Gasteiger partial charge in [0.05, 0.1) is 11.7 Å². The third-order valence-corrected chi connectivity index (χ3v) is 2.61. The number of hydrogen-bond acceptors (Lipinski definition) is 3. The number of nitrogens with zero attached hydrogens (tertiary/aromatic N) is 2. The van der Waals surface area contributed by atoms with Crippen molar-refractivity contribution in [1.29, 1.82) is 0 Å². The molecule has 1 aromatic heterocycles. The third kappa shape index (κ3) is 2.04. The van der Waals surface area contributed by atoms with Crippen LogP contribution in [0.25, 0.3) is 10.9 Å². The molecule has 4 heteroatoms. The summed E-state index contributed by atoms with van der Waals surface area (Å²) in [5.41, 5.74) is 0.875. The van der Waals surface area contributed by atoms with Crippen LogP contribution in [0.1, 0.15) is 6.42 Å². The summed E-state index contributed by atoms with van der Waals surface area (Å²) in [4.78, 5) is 11.5. The molecule has 2 rings (SSSR count). The van der Waals surface area contributed by atoms with E-state index in [0.29, 0.717) is 0 Å². The lowest BCUT2D eigenvalue weighted by Gasteiger charge is -2.07. The molecule has 0 fully saturated rings. The van der Waals surface area contributed by atoms with Crippen molar-refractivity contribution in [2.75, 3.05) is 5.75 Å². The minimum absolute atomic E-state index is 0.0206. The van der Waals surface area contributed by atoms with Gasteiger partial charge in [-0.15, -0.1) is 0 Å². The zero-order chi connectivity index (χ0) is 10.7. The van der Waals surface area contributed by atoms with E-state index < -0.39 is 0 Å². The molecule has 0 amide bonds. The minimum Gasteiger partial charge on any atom is -0.287 e. The van der Waals surface area contributed by atoms with Crippen LogP contribution < -0.4 is 5.43 Å². The highest BCUT2D eigenvalue weighted by atomic mass is 32.1. The Morgan fingerprint density at radius 2 is 2.13 bits per heavy atom. The molecule has 0 aliphatic rings. The number of aryl methyl sites for hydroxylation is 1. The number of rotatable bonds is 3. The van der Waals surface area contributed by atoms with Gasteiger partial charge in [0.15, 0.2) is 0 Å². The van der Waals surface area contributed by atoms with Gasteiger partial charge < -0.3 is 0 Å². The SMILES string of the molecule is O=c1cnn(CCCS)c2ccccc12. The van der Waals surface area contributed by atoms with Crippen molar-refractivity contribution in [3.63, 3.8) is 0 Å². The Morgan fingerprint density at radius 3 is 2.93 bits per heavy atom. The Balaban J connectivity index is 2.56. The van der Waals surface area contributed by atoms with E-state index in [9.17, 15) is 4.79 Å². The van der Waals surface area contributed by atoms with Gasteiger partial charge >= 0.3 is 0 Å². The molecule has 0 aliphatic carbocycles. The van der Waals surface area contributed by atoms with E-state index in [1.165, 1.54) is 6.20 Å². The van der Waals surface area contributed by atoms with Crippen LogP contribution in [0.2, 0.25) is 0 Å². The normalized spacial score (nSPS) is 10.7. The quantitative estimate of drug-likeness (QED) is 0.799. The van der Waals surface area contributed by atoms with Gasteiger partial charge in [0, 0.05) is 11.9 Å². The highest BCUT2D eigenvalue weighted by molar-refractivity contribution is 7.80. The van der Waals surface area contributed by atoms with Crippen LogP contribution in [0.5, 0.6) is 0 Å².